The second-order valence-corrected chi connectivity index (χ2v) is 6.72. The Kier molecular flexibility index (Phi) is 5.29. The van der Waals surface area contributed by atoms with Gasteiger partial charge in [-0.2, -0.15) is 0 Å². The highest BCUT2D eigenvalue weighted by Gasteiger charge is 2.36. The van der Waals surface area contributed by atoms with Gasteiger partial charge in [0.1, 0.15) is 17.3 Å². The Morgan fingerprint density at radius 3 is 2.14 bits per heavy atom. The molecule has 1 aliphatic rings. The Hall–Kier alpha value is -1.96. The molecule has 1 heterocycles. The van der Waals surface area contributed by atoms with Crippen molar-refractivity contribution in [1.82, 2.24) is 4.90 Å². The number of amides is 1. The van der Waals surface area contributed by atoms with Crippen LogP contribution in [0.15, 0.2) is 11.4 Å². The number of ether oxygens (including phenoxy) is 1. The number of nitrogens with two attached hydrogens (primary N) is 3. The molecule has 0 aliphatic carbocycles. The maximum absolute atomic E-state index is 12.0. The van der Waals surface area contributed by atoms with Gasteiger partial charge in [0.05, 0.1) is 5.60 Å². The highest BCUT2D eigenvalue weighted by molar-refractivity contribution is 5.95. The van der Waals surface area contributed by atoms with E-state index >= 15 is 0 Å². The smallest absolute Gasteiger partial charge is 0.410 e. The Labute approximate surface area is 130 Å². The fraction of sp³-hybridized carbons (Fsp3) is 0.714. The third kappa shape index (κ3) is 5.10. The van der Waals surface area contributed by atoms with Crippen LogP contribution in [-0.2, 0) is 4.74 Å². The van der Waals surface area contributed by atoms with Crippen molar-refractivity contribution < 1.29 is 14.6 Å². The van der Waals surface area contributed by atoms with E-state index < -0.39 is 17.3 Å². The molecular weight excluding hydrogens is 286 g/mol. The quantitative estimate of drug-likeness (QED) is 0.371. The molecule has 0 radical (unpaired) electrons. The van der Waals surface area contributed by atoms with Crippen LogP contribution in [0, 0.1) is 5.41 Å². The molecule has 0 unspecified atom stereocenters. The summed E-state index contributed by atoms with van der Waals surface area (Å²) in [6.45, 7) is 6.14. The molecule has 8 N–H and O–H groups in total. The number of carbonyl (C=O) groups excluding carboxylic acids is 1. The van der Waals surface area contributed by atoms with E-state index in [1.165, 1.54) is 0 Å². The molecule has 0 aromatic rings. The standard InChI is InChI=1S/C14H27N5O3/c1-13(2,3)22-12(20)19-6-4-14(21,5-7-19)8-9(10(15)16)11(17)18/h21H,4-8,15-16H2,1-3H3,(H3,17,18). The number of carbonyl (C=O) groups is 1. The summed E-state index contributed by atoms with van der Waals surface area (Å²) in [5.41, 5.74) is 15.0. The molecular formula is C14H27N5O3. The highest BCUT2D eigenvalue weighted by Crippen LogP contribution is 2.29. The summed E-state index contributed by atoms with van der Waals surface area (Å²) in [6.07, 6.45) is 0.398. The number of rotatable bonds is 3. The molecule has 0 spiro atoms. The Morgan fingerprint density at radius 2 is 1.77 bits per heavy atom. The van der Waals surface area contributed by atoms with E-state index in [0.717, 1.165) is 0 Å². The van der Waals surface area contributed by atoms with E-state index in [-0.39, 0.29) is 23.7 Å². The van der Waals surface area contributed by atoms with Crippen molar-refractivity contribution in [2.45, 2.75) is 51.2 Å². The second kappa shape index (κ2) is 6.43. The third-order valence-corrected chi connectivity index (χ3v) is 3.53. The molecule has 8 nitrogen and oxygen atoms in total. The van der Waals surface area contributed by atoms with E-state index in [1.54, 1.807) is 25.7 Å². The molecule has 0 saturated carbocycles. The summed E-state index contributed by atoms with van der Waals surface area (Å²) >= 11 is 0. The number of hydrogen-bond donors (Lipinski definition) is 5. The van der Waals surface area contributed by atoms with E-state index in [9.17, 15) is 9.90 Å². The van der Waals surface area contributed by atoms with Gasteiger partial charge < -0.3 is 31.9 Å². The first-order chi connectivity index (χ1) is 9.93. The van der Waals surface area contributed by atoms with Gasteiger partial charge in [-0.3, -0.25) is 5.41 Å². The largest absolute Gasteiger partial charge is 0.444 e. The van der Waals surface area contributed by atoms with Crippen LogP contribution in [0.2, 0.25) is 0 Å². The Bertz CT molecular complexity index is 469. The summed E-state index contributed by atoms with van der Waals surface area (Å²) < 4.78 is 5.30. The minimum atomic E-state index is -1.08. The number of aliphatic hydroxyl groups is 1. The molecule has 22 heavy (non-hydrogen) atoms. The lowest BCUT2D eigenvalue weighted by molar-refractivity contribution is -0.0309. The maximum Gasteiger partial charge on any atom is 0.410 e. The predicted molar refractivity (Wildman–Crippen MR) is 83.9 cm³/mol. The third-order valence-electron chi connectivity index (χ3n) is 3.53. The second-order valence-electron chi connectivity index (χ2n) is 6.72. The molecule has 1 saturated heterocycles. The van der Waals surface area contributed by atoms with Gasteiger partial charge in [0, 0.05) is 25.1 Å². The van der Waals surface area contributed by atoms with E-state index in [1.807, 2.05) is 0 Å². The van der Waals surface area contributed by atoms with Crippen molar-refractivity contribution >= 4 is 11.9 Å². The van der Waals surface area contributed by atoms with Gasteiger partial charge in [-0.15, -0.1) is 0 Å². The van der Waals surface area contributed by atoms with Crippen LogP contribution in [0.1, 0.15) is 40.0 Å². The van der Waals surface area contributed by atoms with Crippen molar-refractivity contribution in [3.05, 3.63) is 11.4 Å². The average Bonchev–Trinajstić information content (AvgIpc) is 2.34. The van der Waals surface area contributed by atoms with Crippen molar-refractivity contribution in [1.29, 1.82) is 5.41 Å². The highest BCUT2D eigenvalue weighted by atomic mass is 16.6. The first-order valence-corrected chi connectivity index (χ1v) is 7.22. The van der Waals surface area contributed by atoms with Crippen molar-refractivity contribution in [3.8, 4) is 0 Å². The first kappa shape index (κ1) is 18.1. The number of likely N-dealkylation sites (tertiary alicyclic amines) is 1. The topological polar surface area (TPSA) is 152 Å². The molecule has 0 atom stereocenters. The van der Waals surface area contributed by atoms with E-state index in [0.29, 0.717) is 25.9 Å². The van der Waals surface area contributed by atoms with Gasteiger partial charge in [0.2, 0.25) is 0 Å². The number of piperidine rings is 1. The van der Waals surface area contributed by atoms with Gasteiger partial charge >= 0.3 is 6.09 Å². The van der Waals surface area contributed by atoms with Crippen LogP contribution >= 0.6 is 0 Å². The lowest BCUT2D eigenvalue weighted by Gasteiger charge is -2.39. The predicted octanol–water partition coefficient (Wildman–Crippen LogP) is 0.203. The van der Waals surface area contributed by atoms with Gasteiger partial charge in [0.15, 0.2) is 0 Å². The average molecular weight is 313 g/mol. The normalized spacial score (nSPS) is 17.7. The number of hydrogen-bond acceptors (Lipinski definition) is 6. The molecule has 0 aromatic heterocycles. The van der Waals surface area contributed by atoms with Crippen molar-refractivity contribution in [2.24, 2.45) is 17.2 Å². The zero-order chi connectivity index (χ0) is 17.1. The van der Waals surface area contributed by atoms with Crippen LogP contribution in [-0.4, -0.2) is 46.2 Å². The van der Waals surface area contributed by atoms with Crippen molar-refractivity contribution in [3.63, 3.8) is 0 Å². The molecule has 0 bridgehead atoms. The number of nitrogens with zero attached hydrogens (tertiary/aromatic N) is 1. The van der Waals surface area contributed by atoms with Gasteiger partial charge in [0.25, 0.3) is 0 Å². The maximum atomic E-state index is 12.0. The van der Waals surface area contributed by atoms with Crippen LogP contribution in [0.25, 0.3) is 0 Å². The van der Waals surface area contributed by atoms with Gasteiger partial charge in [-0.05, 0) is 33.6 Å². The zero-order valence-corrected chi connectivity index (χ0v) is 13.5. The van der Waals surface area contributed by atoms with Crippen molar-refractivity contribution in [2.75, 3.05) is 13.1 Å². The van der Waals surface area contributed by atoms with Crippen LogP contribution < -0.4 is 17.2 Å². The molecule has 1 fully saturated rings. The van der Waals surface area contributed by atoms with Crippen LogP contribution in [0.4, 0.5) is 4.79 Å². The van der Waals surface area contributed by atoms with E-state index in [2.05, 4.69) is 0 Å². The van der Waals surface area contributed by atoms with E-state index in [4.69, 9.17) is 27.3 Å². The summed E-state index contributed by atoms with van der Waals surface area (Å²) in [4.78, 5) is 13.5. The molecule has 0 aromatic carbocycles. The fourth-order valence-electron chi connectivity index (χ4n) is 2.29. The van der Waals surface area contributed by atoms with Crippen LogP contribution in [0.5, 0.6) is 0 Å². The SMILES string of the molecule is CC(C)(C)OC(=O)N1CCC(O)(CC(C(=N)N)=C(N)N)CC1. The summed E-state index contributed by atoms with van der Waals surface area (Å²) in [5.74, 6) is -0.307. The zero-order valence-electron chi connectivity index (χ0n) is 13.5. The van der Waals surface area contributed by atoms with Crippen LogP contribution in [0.3, 0.4) is 0 Å². The lowest BCUT2D eigenvalue weighted by atomic mass is 9.85. The lowest BCUT2D eigenvalue weighted by Crippen LogP contribution is -2.48. The summed E-state index contributed by atoms with van der Waals surface area (Å²) in [7, 11) is 0. The Balaban J connectivity index is 2.66. The summed E-state index contributed by atoms with van der Waals surface area (Å²) in [6, 6.07) is 0. The molecule has 1 amide bonds. The fourth-order valence-corrected chi connectivity index (χ4v) is 2.29. The summed E-state index contributed by atoms with van der Waals surface area (Å²) in [5, 5.41) is 18.1. The molecule has 1 aliphatic heterocycles. The minimum absolute atomic E-state index is 0.0597. The van der Waals surface area contributed by atoms with Gasteiger partial charge in [-0.1, -0.05) is 0 Å². The monoisotopic (exact) mass is 313 g/mol. The number of nitrogens with one attached hydrogen (secondary N) is 1. The molecule has 1 rings (SSSR count). The minimum Gasteiger partial charge on any atom is -0.444 e. The Morgan fingerprint density at radius 1 is 1.27 bits per heavy atom. The van der Waals surface area contributed by atoms with Gasteiger partial charge in [-0.25, -0.2) is 4.79 Å². The molecule has 126 valence electrons. The molecule has 8 heteroatoms. The first-order valence-electron chi connectivity index (χ1n) is 7.22. The number of amidine groups is 1.